The van der Waals surface area contributed by atoms with Crippen molar-refractivity contribution in [2.45, 2.75) is 116 Å². The molecule has 1 heterocycles. The second-order valence-electron chi connectivity index (χ2n) is 13.2. The molecule has 1 aromatic rings. The highest BCUT2D eigenvalue weighted by atomic mass is 28.4. The standard InChI is InChI=1S/C31H44O4Si/c1-20-24-18-25(32)22-16-12-13-17-23(22)27-31(30(24,5)6,19-26(20)35-36(7,8)29(2,3)4)34-28(33-27)21-14-10-9-11-15-21/h9-11,14-17,25-28,32H,12-13,18-19H2,1-8H3/t25-,26-,27-,28-,31+/m0/s1. The van der Waals surface area contributed by atoms with Gasteiger partial charge < -0.3 is 19.0 Å². The number of aliphatic hydroxyl groups excluding tert-OH is 1. The lowest BCUT2D eigenvalue weighted by atomic mass is 9.55. The van der Waals surface area contributed by atoms with Crippen molar-refractivity contribution < 1.29 is 19.0 Å². The van der Waals surface area contributed by atoms with Gasteiger partial charge in [0.1, 0.15) is 11.7 Å². The summed E-state index contributed by atoms with van der Waals surface area (Å²) < 4.78 is 21.2. The molecule has 1 saturated heterocycles. The van der Waals surface area contributed by atoms with E-state index in [4.69, 9.17) is 13.9 Å². The van der Waals surface area contributed by atoms with Crippen molar-refractivity contribution in [2.24, 2.45) is 5.41 Å². The lowest BCUT2D eigenvalue weighted by Crippen LogP contribution is -2.61. The molecule has 2 fully saturated rings. The van der Waals surface area contributed by atoms with Gasteiger partial charge in [-0.1, -0.05) is 82.7 Å². The van der Waals surface area contributed by atoms with Gasteiger partial charge in [0.25, 0.3) is 0 Å². The van der Waals surface area contributed by atoms with Crippen LogP contribution in [0.25, 0.3) is 0 Å². The van der Waals surface area contributed by atoms with Gasteiger partial charge in [-0.15, -0.1) is 0 Å². The van der Waals surface area contributed by atoms with E-state index in [2.05, 4.69) is 78.9 Å². The van der Waals surface area contributed by atoms with Crippen LogP contribution in [0.2, 0.25) is 18.1 Å². The molecule has 3 aliphatic carbocycles. The first-order valence-corrected chi connectivity index (χ1v) is 16.5. The first-order valence-electron chi connectivity index (χ1n) is 13.6. The number of ether oxygens (including phenoxy) is 2. The lowest BCUT2D eigenvalue weighted by Gasteiger charge is -2.56. The molecule has 4 nitrogen and oxygen atoms in total. The number of benzene rings is 1. The highest BCUT2D eigenvalue weighted by Crippen LogP contribution is 2.62. The molecule has 1 aromatic carbocycles. The van der Waals surface area contributed by atoms with Gasteiger partial charge in [0.2, 0.25) is 0 Å². The number of fused-ring (bicyclic) bond motifs is 3. The van der Waals surface area contributed by atoms with Crippen molar-refractivity contribution in [3.8, 4) is 0 Å². The van der Waals surface area contributed by atoms with Crippen LogP contribution in [0.5, 0.6) is 0 Å². The predicted molar refractivity (Wildman–Crippen MR) is 147 cm³/mol. The maximum atomic E-state index is 11.5. The minimum atomic E-state index is -2.06. The van der Waals surface area contributed by atoms with Crippen LogP contribution in [-0.4, -0.2) is 37.3 Å². The van der Waals surface area contributed by atoms with Crippen LogP contribution in [0.4, 0.5) is 0 Å². The molecule has 36 heavy (non-hydrogen) atoms. The van der Waals surface area contributed by atoms with E-state index in [1.165, 1.54) is 11.1 Å². The van der Waals surface area contributed by atoms with Crippen molar-refractivity contribution in [1.82, 2.24) is 0 Å². The maximum absolute atomic E-state index is 11.5. The van der Waals surface area contributed by atoms with E-state index in [1.54, 1.807) is 0 Å². The second kappa shape index (κ2) is 8.77. The average molecular weight is 509 g/mol. The third-order valence-electron chi connectivity index (χ3n) is 9.84. The zero-order valence-electron chi connectivity index (χ0n) is 23.4. The van der Waals surface area contributed by atoms with E-state index >= 15 is 0 Å². The van der Waals surface area contributed by atoms with Gasteiger partial charge in [0, 0.05) is 17.4 Å². The topological polar surface area (TPSA) is 47.9 Å². The molecule has 1 spiro atoms. The molecule has 1 N–H and O–H groups in total. The van der Waals surface area contributed by atoms with Gasteiger partial charge >= 0.3 is 0 Å². The van der Waals surface area contributed by atoms with Crippen molar-refractivity contribution in [2.75, 3.05) is 0 Å². The molecule has 4 aliphatic rings. The summed E-state index contributed by atoms with van der Waals surface area (Å²) in [7, 11) is -2.06. The number of aliphatic hydroxyl groups is 1. The SMILES string of the molecule is CC1=C2C[C@H](O)C3=CCCC=C3[C@@H]3O[C@H](c4ccccc4)O[C@@]3(C[C@@H]1O[Si](C)(C)C(C)(C)C)C2(C)C. The molecule has 0 aromatic heterocycles. The monoisotopic (exact) mass is 508 g/mol. The Morgan fingerprint density at radius 3 is 2.31 bits per heavy atom. The van der Waals surface area contributed by atoms with Gasteiger partial charge in [-0.2, -0.15) is 0 Å². The van der Waals surface area contributed by atoms with Gasteiger partial charge in [0.05, 0.1) is 12.2 Å². The van der Waals surface area contributed by atoms with Crippen molar-refractivity contribution in [3.63, 3.8) is 0 Å². The van der Waals surface area contributed by atoms with Crippen LogP contribution >= 0.6 is 0 Å². The predicted octanol–water partition coefficient (Wildman–Crippen LogP) is 7.39. The van der Waals surface area contributed by atoms with Crippen molar-refractivity contribution in [3.05, 3.63) is 70.3 Å². The molecule has 5 heteroatoms. The highest BCUT2D eigenvalue weighted by Gasteiger charge is 2.65. The molecular formula is C31H44O4Si. The van der Waals surface area contributed by atoms with E-state index in [9.17, 15) is 5.11 Å². The summed E-state index contributed by atoms with van der Waals surface area (Å²) in [4.78, 5) is 0. The van der Waals surface area contributed by atoms with Gasteiger partial charge in [0.15, 0.2) is 14.6 Å². The van der Waals surface area contributed by atoms with Crippen molar-refractivity contribution >= 4 is 8.32 Å². The quantitative estimate of drug-likeness (QED) is 0.342. The minimum absolute atomic E-state index is 0.0588. The Morgan fingerprint density at radius 2 is 1.67 bits per heavy atom. The van der Waals surface area contributed by atoms with Crippen LogP contribution in [0.3, 0.4) is 0 Å². The molecule has 5 rings (SSSR count). The van der Waals surface area contributed by atoms with Crippen LogP contribution in [0, 0.1) is 5.41 Å². The highest BCUT2D eigenvalue weighted by molar-refractivity contribution is 6.74. The molecule has 5 atom stereocenters. The Labute approximate surface area is 218 Å². The third-order valence-corrected chi connectivity index (χ3v) is 14.3. The summed E-state index contributed by atoms with van der Waals surface area (Å²) in [6.07, 6.45) is 6.44. The van der Waals surface area contributed by atoms with Crippen molar-refractivity contribution in [1.29, 1.82) is 0 Å². The Hall–Kier alpha value is -1.50. The smallest absolute Gasteiger partial charge is 0.192 e. The Balaban J connectivity index is 1.68. The summed E-state index contributed by atoms with van der Waals surface area (Å²) in [5.74, 6) is 0. The van der Waals surface area contributed by atoms with E-state index in [1.807, 2.05) is 18.2 Å². The van der Waals surface area contributed by atoms with E-state index in [0.717, 1.165) is 36.0 Å². The molecular weight excluding hydrogens is 464 g/mol. The Bertz CT molecular complexity index is 1110. The van der Waals surface area contributed by atoms with Crippen LogP contribution in [0.15, 0.2) is 64.8 Å². The van der Waals surface area contributed by atoms with Gasteiger partial charge in [-0.3, -0.25) is 0 Å². The van der Waals surface area contributed by atoms with E-state index in [0.29, 0.717) is 6.42 Å². The van der Waals surface area contributed by atoms with Crippen LogP contribution < -0.4 is 0 Å². The molecule has 1 aliphatic heterocycles. The van der Waals surface area contributed by atoms with Crippen LogP contribution in [-0.2, 0) is 13.9 Å². The van der Waals surface area contributed by atoms with E-state index in [-0.39, 0.29) is 22.7 Å². The lowest BCUT2D eigenvalue weighted by molar-refractivity contribution is -0.145. The zero-order valence-corrected chi connectivity index (χ0v) is 24.4. The largest absolute Gasteiger partial charge is 0.410 e. The summed E-state index contributed by atoms with van der Waals surface area (Å²) >= 11 is 0. The first-order chi connectivity index (χ1) is 16.8. The molecule has 0 amide bonds. The zero-order chi connectivity index (χ0) is 26.1. The van der Waals surface area contributed by atoms with E-state index < -0.39 is 26.3 Å². The van der Waals surface area contributed by atoms with Crippen LogP contribution in [0.1, 0.15) is 79.1 Å². The Kier molecular flexibility index (Phi) is 6.37. The van der Waals surface area contributed by atoms with Gasteiger partial charge in [-0.25, -0.2) is 0 Å². The fourth-order valence-electron chi connectivity index (χ4n) is 6.53. The summed E-state index contributed by atoms with van der Waals surface area (Å²) in [5, 5.41) is 11.7. The second-order valence-corrected chi connectivity index (χ2v) is 18.0. The Morgan fingerprint density at radius 1 is 1.03 bits per heavy atom. The fraction of sp³-hybridized carbons (Fsp3) is 0.613. The third kappa shape index (κ3) is 3.94. The maximum Gasteiger partial charge on any atom is 0.192 e. The number of hydrogen-bond donors (Lipinski definition) is 1. The molecule has 0 radical (unpaired) electrons. The normalized spacial score (nSPS) is 34.2. The minimum Gasteiger partial charge on any atom is -0.410 e. The first kappa shape index (κ1) is 26.1. The molecule has 196 valence electrons. The molecule has 1 saturated carbocycles. The summed E-state index contributed by atoms with van der Waals surface area (Å²) in [6, 6.07) is 10.3. The summed E-state index contributed by atoms with van der Waals surface area (Å²) in [6.45, 7) is 18.3. The molecule has 2 bridgehead atoms. The number of hydrogen-bond acceptors (Lipinski definition) is 4. The van der Waals surface area contributed by atoms with Gasteiger partial charge in [-0.05, 0) is 61.0 Å². The number of allylic oxidation sites excluding steroid dienone is 2. The number of rotatable bonds is 3. The summed E-state index contributed by atoms with van der Waals surface area (Å²) in [5.41, 5.74) is 4.77. The fourth-order valence-corrected chi connectivity index (χ4v) is 7.86. The average Bonchev–Trinajstić information content (AvgIpc) is 3.20. The molecule has 0 unspecified atom stereocenters.